The zero-order chi connectivity index (χ0) is 18.9. The smallest absolute Gasteiger partial charge is 0.269 e. The molecule has 7 nitrogen and oxygen atoms in total. The number of para-hydroxylation sites is 2. The number of fused-ring (bicyclic) bond motifs is 1. The summed E-state index contributed by atoms with van der Waals surface area (Å²) < 4.78 is 37.1. The van der Waals surface area contributed by atoms with Crippen molar-refractivity contribution in [3.8, 4) is 11.5 Å². The molecule has 0 saturated carbocycles. The molecule has 1 N–H and O–H groups in total. The number of hydrogen-bond donors (Lipinski definition) is 1. The van der Waals surface area contributed by atoms with Crippen molar-refractivity contribution in [3.63, 3.8) is 0 Å². The lowest BCUT2D eigenvalue weighted by Gasteiger charge is -2.25. The summed E-state index contributed by atoms with van der Waals surface area (Å²) in [5.74, 6) is 0.682. The van der Waals surface area contributed by atoms with Crippen LogP contribution in [-0.4, -0.2) is 45.4 Å². The number of carbonyl (C=O) groups excluding carboxylic acids is 1. The van der Waals surface area contributed by atoms with E-state index in [9.17, 15) is 13.2 Å². The number of nitrogens with zero attached hydrogens (tertiary/aromatic N) is 1. The number of carbonyl (C=O) groups is 1. The minimum atomic E-state index is -3.60. The second-order valence-corrected chi connectivity index (χ2v) is 8.24. The first kappa shape index (κ1) is 18.2. The van der Waals surface area contributed by atoms with Gasteiger partial charge in [-0.25, -0.2) is 12.7 Å². The van der Waals surface area contributed by atoms with Gasteiger partial charge in [0.15, 0.2) is 11.5 Å². The molecule has 8 heteroatoms. The van der Waals surface area contributed by atoms with Crippen molar-refractivity contribution < 1.29 is 22.7 Å². The van der Waals surface area contributed by atoms with Gasteiger partial charge in [0.05, 0.1) is 4.90 Å². The number of ether oxygens (including phenoxy) is 2. The number of sulfonamides is 1. The van der Waals surface area contributed by atoms with E-state index in [4.69, 9.17) is 9.47 Å². The maximum atomic E-state index is 12.5. The molecule has 0 fully saturated rings. The molecule has 1 atom stereocenters. The van der Waals surface area contributed by atoms with E-state index in [2.05, 4.69) is 5.32 Å². The van der Waals surface area contributed by atoms with Crippen molar-refractivity contribution in [2.45, 2.75) is 17.9 Å². The molecule has 138 valence electrons. The minimum absolute atomic E-state index is 0.0809. The molecule has 1 amide bonds. The van der Waals surface area contributed by atoms with Crippen LogP contribution < -0.4 is 14.8 Å². The summed E-state index contributed by atoms with van der Waals surface area (Å²) in [4.78, 5) is 12.6. The zero-order valence-electron chi connectivity index (χ0n) is 14.7. The molecule has 0 aromatic heterocycles. The summed E-state index contributed by atoms with van der Waals surface area (Å²) in [6.07, 6.45) is -0.819. The Kier molecular flexibility index (Phi) is 4.88. The number of anilines is 1. The third-order valence-electron chi connectivity index (χ3n) is 4.02. The van der Waals surface area contributed by atoms with Crippen LogP contribution in [0.1, 0.15) is 5.56 Å². The number of nitrogens with one attached hydrogen (secondary N) is 1. The molecule has 0 spiro atoms. The standard InChI is InChI=1S/C18H20N2O5S/c1-12-8-9-13(10-17(12)26(22,23)20(2)3)19-18(21)16-11-24-14-6-4-5-7-15(14)25-16/h4-10,16H,11H2,1-3H3,(H,19,21)/t16-/m1/s1. The van der Waals surface area contributed by atoms with Gasteiger partial charge in [0.1, 0.15) is 6.61 Å². The molecular weight excluding hydrogens is 356 g/mol. The number of benzene rings is 2. The molecule has 0 saturated heterocycles. The summed E-state index contributed by atoms with van der Waals surface area (Å²) in [7, 11) is -0.679. The van der Waals surface area contributed by atoms with Gasteiger partial charge in [-0.1, -0.05) is 18.2 Å². The molecule has 2 aromatic rings. The lowest BCUT2D eigenvalue weighted by Crippen LogP contribution is -2.40. The predicted octanol–water partition coefficient (Wildman–Crippen LogP) is 2.02. The lowest BCUT2D eigenvalue weighted by atomic mass is 10.2. The van der Waals surface area contributed by atoms with Crippen molar-refractivity contribution in [1.82, 2.24) is 4.31 Å². The largest absolute Gasteiger partial charge is 0.485 e. The fraction of sp³-hybridized carbons (Fsp3) is 0.278. The summed E-state index contributed by atoms with van der Waals surface area (Å²) in [5.41, 5.74) is 0.978. The van der Waals surface area contributed by atoms with Crippen LogP contribution in [0.2, 0.25) is 0 Å². The predicted molar refractivity (Wildman–Crippen MR) is 97.0 cm³/mol. The zero-order valence-corrected chi connectivity index (χ0v) is 15.5. The Bertz CT molecular complexity index is 940. The normalized spacial score (nSPS) is 16.4. The van der Waals surface area contributed by atoms with Crippen molar-refractivity contribution in [1.29, 1.82) is 0 Å². The summed E-state index contributed by atoms with van der Waals surface area (Å²) in [5, 5.41) is 2.69. The summed E-state index contributed by atoms with van der Waals surface area (Å²) in [6.45, 7) is 1.79. The van der Waals surface area contributed by atoms with Gasteiger partial charge >= 0.3 is 0 Å². The van der Waals surface area contributed by atoms with Gasteiger partial charge in [-0.05, 0) is 36.8 Å². The summed E-state index contributed by atoms with van der Waals surface area (Å²) >= 11 is 0. The maximum absolute atomic E-state index is 12.5. The molecule has 0 aliphatic carbocycles. The molecule has 2 aromatic carbocycles. The monoisotopic (exact) mass is 376 g/mol. The Morgan fingerprint density at radius 2 is 1.85 bits per heavy atom. The molecule has 0 bridgehead atoms. The minimum Gasteiger partial charge on any atom is -0.485 e. The Morgan fingerprint density at radius 3 is 2.54 bits per heavy atom. The van der Waals surface area contributed by atoms with E-state index >= 15 is 0 Å². The van der Waals surface area contributed by atoms with Crippen LogP contribution in [0.15, 0.2) is 47.4 Å². The van der Waals surface area contributed by atoms with Crippen LogP contribution >= 0.6 is 0 Å². The Hall–Kier alpha value is -2.58. The molecule has 0 radical (unpaired) electrons. The van der Waals surface area contributed by atoms with Crippen molar-refractivity contribution in [3.05, 3.63) is 48.0 Å². The molecule has 0 unspecified atom stereocenters. The van der Waals surface area contributed by atoms with Crippen LogP contribution in [0.4, 0.5) is 5.69 Å². The lowest BCUT2D eigenvalue weighted by molar-refractivity contribution is -0.125. The van der Waals surface area contributed by atoms with Crippen LogP contribution in [0.25, 0.3) is 0 Å². The average Bonchev–Trinajstić information content (AvgIpc) is 2.62. The van der Waals surface area contributed by atoms with Crippen LogP contribution in [0.3, 0.4) is 0 Å². The summed E-state index contributed by atoms with van der Waals surface area (Å²) in [6, 6.07) is 11.9. The third kappa shape index (κ3) is 3.51. The topological polar surface area (TPSA) is 84.9 Å². The quantitative estimate of drug-likeness (QED) is 0.882. The van der Waals surface area contributed by atoms with Gasteiger partial charge in [-0.2, -0.15) is 0 Å². The first-order chi connectivity index (χ1) is 12.3. The van der Waals surface area contributed by atoms with E-state index in [1.165, 1.54) is 20.2 Å². The fourth-order valence-corrected chi connectivity index (χ4v) is 3.67. The van der Waals surface area contributed by atoms with Crippen LogP contribution in [0, 0.1) is 6.92 Å². The fourth-order valence-electron chi connectivity index (χ4n) is 2.52. The van der Waals surface area contributed by atoms with Gasteiger partial charge in [0, 0.05) is 19.8 Å². The van der Waals surface area contributed by atoms with E-state index in [1.54, 1.807) is 37.3 Å². The maximum Gasteiger partial charge on any atom is 0.269 e. The molecular formula is C18H20N2O5S. The van der Waals surface area contributed by atoms with E-state index in [-0.39, 0.29) is 11.5 Å². The molecule has 1 heterocycles. The van der Waals surface area contributed by atoms with Crippen molar-refractivity contribution in [2.24, 2.45) is 0 Å². The Labute approximate surface area is 152 Å². The second-order valence-electron chi connectivity index (χ2n) is 6.12. The van der Waals surface area contributed by atoms with Gasteiger partial charge < -0.3 is 14.8 Å². The van der Waals surface area contributed by atoms with Gasteiger partial charge in [0.25, 0.3) is 5.91 Å². The van der Waals surface area contributed by atoms with E-state index in [0.717, 1.165) is 4.31 Å². The number of rotatable bonds is 4. The highest BCUT2D eigenvalue weighted by Gasteiger charge is 2.28. The number of hydrogen-bond acceptors (Lipinski definition) is 5. The van der Waals surface area contributed by atoms with Crippen LogP contribution in [-0.2, 0) is 14.8 Å². The third-order valence-corrected chi connectivity index (χ3v) is 5.97. The van der Waals surface area contributed by atoms with Gasteiger partial charge in [-0.15, -0.1) is 0 Å². The number of amides is 1. The average molecular weight is 376 g/mol. The molecule has 1 aliphatic rings. The van der Waals surface area contributed by atoms with Crippen molar-refractivity contribution >= 4 is 21.6 Å². The highest BCUT2D eigenvalue weighted by Crippen LogP contribution is 2.31. The first-order valence-corrected chi connectivity index (χ1v) is 9.45. The molecule has 1 aliphatic heterocycles. The first-order valence-electron chi connectivity index (χ1n) is 8.01. The van der Waals surface area contributed by atoms with E-state index in [1.807, 2.05) is 6.07 Å². The molecule has 3 rings (SSSR count). The van der Waals surface area contributed by atoms with Gasteiger partial charge in [0.2, 0.25) is 16.1 Å². The van der Waals surface area contributed by atoms with Gasteiger partial charge in [-0.3, -0.25) is 4.79 Å². The molecule has 26 heavy (non-hydrogen) atoms. The number of aryl methyl sites for hydroxylation is 1. The second kappa shape index (κ2) is 6.97. The highest BCUT2D eigenvalue weighted by molar-refractivity contribution is 7.89. The Morgan fingerprint density at radius 1 is 1.15 bits per heavy atom. The van der Waals surface area contributed by atoms with E-state index in [0.29, 0.717) is 22.7 Å². The van der Waals surface area contributed by atoms with E-state index < -0.39 is 22.0 Å². The highest BCUT2D eigenvalue weighted by atomic mass is 32.2. The Balaban J connectivity index is 1.79. The SMILES string of the molecule is Cc1ccc(NC(=O)[C@H]2COc3ccccc3O2)cc1S(=O)(=O)N(C)C. The van der Waals surface area contributed by atoms with Crippen LogP contribution in [0.5, 0.6) is 11.5 Å². The van der Waals surface area contributed by atoms with Crippen molar-refractivity contribution in [2.75, 3.05) is 26.0 Å².